The molecule has 0 aromatic carbocycles. The summed E-state index contributed by atoms with van der Waals surface area (Å²) in [6, 6.07) is 0. The van der Waals surface area contributed by atoms with Gasteiger partial charge in [-0.15, -0.1) is 0 Å². The van der Waals surface area contributed by atoms with Crippen molar-refractivity contribution in [1.82, 2.24) is 19.6 Å². The first-order chi connectivity index (χ1) is 38.9. The number of unbranched alkanes of at least 4 members (excludes halogenated alkanes) is 40. The minimum Gasteiger partial charge on any atom is -0.411 e. The SMILES string of the molecule is CCCCCCCCN(CCCCCCCC)C(=S)[S-].CCCCCCCCN(CCCCCCCC)C(=S)[S-].CCCCCCCCN(CCCCCCCC)C(=S)[S-].CCCCCCCCN(CCCCCCCC)C(=S)[S-].[Mo+4]. The molecule has 0 saturated carbocycles. The van der Waals surface area contributed by atoms with Gasteiger partial charge in [-0.05, 0) is 51.4 Å². The van der Waals surface area contributed by atoms with Gasteiger partial charge in [-0.2, -0.15) is 0 Å². The molecule has 0 saturated heterocycles. The van der Waals surface area contributed by atoms with Gasteiger partial charge in [0.15, 0.2) is 0 Å². The van der Waals surface area contributed by atoms with Crippen LogP contribution in [0.3, 0.4) is 0 Å². The van der Waals surface area contributed by atoms with Crippen LogP contribution in [0.1, 0.15) is 364 Å². The van der Waals surface area contributed by atoms with E-state index < -0.39 is 0 Å². The molecule has 482 valence electrons. The monoisotopic (exact) mass is 1360 g/mol. The maximum absolute atomic E-state index is 5.20. The van der Waals surface area contributed by atoms with Gasteiger partial charge in [0.2, 0.25) is 0 Å². The van der Waals surface area contributed by atoms with E-state index in [9.17, 15) is 0 Å². The smallest absolute Gasteiger partial charge is 0.411 e. The van der Waals surface area contributed by atoms with E-state index >= 15 is 0 Å². The van der Waals surface area contributed by atoms with Gasteiger partial charge in [-0.25, -0.2) is 0 Å². The molecule has 13 heteroatoms. The van der Waals surface area contributed by atoms with Crippen molar-refractivity contribution in [2.75, 3.05) is 52.4 Å². The van der Waals surface area contributed by atoms with Crippen LogP contribution in [0.2, 0.25) is 0 Å². The summed E-state index contributed by atoms with van der Waals surface area (Å²) in [4.78, 5) is 8.96. The van der Waals surface area contributed by atoms with E-state index in [1.54, 1.807) is 0 Å². The molecular weight excluding hydrogens is 1230 g/mol. The molecule has 0 bridgehead atoms. The summed E-state index contributed by atoms with van der Waals surface area (Å²) in [7, 11) is 0. The molecule has 0 aliphatic heterocycles. The van der Waals surface area contributed by atoms with Gasteiger partial charge in [-0.1, -0.05) is 330 Å². The Morgan fingerprint density at radius 3 is 0.358 bits per heavy atom. The molecule has 0 rings (SSSR count). The average Bonchev–Trinajstić information content (AvgIpc) is 3.44. The number of nitrogens with zero attached hydrogens (tertiary/aromatic N) is 4. The maximum atomic E-state index is 5.20. The Labute approximate surface area is 568 Å². The van der Waals surface area contributed by atoms with Gasteiger partial charge in [0.1, 0.15) is 0 Å². The van der Waals surface area contributed by atoms with Crippen LogP contribution >= 0.6 is 48.9 Å². The average molecular weight is 1360 g/mol. The molecule has 0 amide bonds. The summed E-state index contributed by atoms with van der Waals surface area (Å²) >= 11 is 41.6. The fourth-order valence-electron chi connectivity index (χ4n) is 9.84. The maximum Gasteiger partial charge on any atom is 4.00 e. The molecule has 0 heterocycles. The second-order valence-corrected chi connectivity index (χ2v) is 27.3. The molecule has 0 radical (unpaired) electrons. The van der Waals surface area contributed by atoms with Crippen LogP contribution in [0.15, 0.2) is 0 Å². The standard InChI is InChI=1S/4C17H35NS2.Mo/c4*1-3-5-7-9-11-13-15-18(17(19)20)16-14-12-10-8-6-4-2;/h4*3-16H2,1-2H3,(H,19,20);/q;;;;+4/p-4. The van der Waals surface area contributed by atoms with Crippen molar-refractivity contribution >= 4 is 117 Å². The third-order valence-electron chi connectivity index (χ3n) is 15.3. The molecule has 0 spiro atoms. The molecule has 0 fully saturated rings. The Bertz CT molecular complexity index is 1000. The first-order valence-corrected chi connectivity index (χ1v) is 38.0. The van der Waals surface area contributed by atoms with E-state index in [1.807, 2.05) is 0 Å². The Balaban J connectivity index is -0.000000316. The molecule has 0 aromatic heterocycles. The normalized spacial score (nSPS) is 10.6. The Morgan fingerprint density at radius 1 is 0.185 bits per heavy atom. The molecule has 0 aliphatic rings. The zero-order valence-corrected chi connectivity index (χ0v) is 63.6. The van der Waals surface area contributed by atoms with E-state index in [1.165, 1.54) is 308 Å². The van der Waals surface area contributed by atoms with Crippen molar-refractivity contribution in [3.8, 4) is 0 Å². The predicted molar refractivity (Wildman–Crippen MR) is 393 cm³/mol. The van der Waals surface area contributed by atoms with Crippen LogP contribution < -0.4 is 0 Å². The minimum atomic E-state index is 0. The largest absolute Gasteiger partial charge is 4.00 e. The van der Waals surface area contributed by atoms with E-state index in [4.69, 9.17) is 99.4 Å². The third kappa shape index (κ3) is 77.2. The van der Waals surface area contributed by atoms with Gasteiger partial charge in [0, 0.05) is 52.4 Å². The van der Waals surface area contributed by atoms with Crippen molar-refractivity contribution < 1.29 is 21.1 Å². The van der Waals surface area contributed by atoms with Crippen molar-refractivity contribution in [3.63, 3.8) is 0 Å². The van der Waals surface area contributed by atoms with Crippen LogP contribution in [0, 0.1) is 0 Å². The second kappa shape index (κ2) is 79.1. The zero-order valence-electron chi connectivity index (χ0n) is 55.1. The van der Waals surface area contributed by atoms with Crippen molar-refractivity contribution in [2.45, 2.75) is 364 Å². The summed E-state index contributed by atoms with van der Waals surface area (Å²) in [5, 5.41) is 0. The van der Waals surface area contributed by atoms with Crippen molar-refractivity contribution in [3.05, 3.63) is 0 Å². The van der Waals surface area contributed by atoms with Crippen LogP contribution in [-0.2, 0) is 71.6 Å². The van der Waals surface area contributed by atoms with Gasteiger partial charge in [0.05, 0.1) is 0 Å². The fourth-order valence-corrected chi connectivity index (χ4v) is 11.3. The molecule has 81 heavy (non-hydrogen) atoms. The summed E-state index contributed by atoms with van der Waals surface area (Å²) in [5.74, 6) is 0. The second-order valence-electron chi connectivity index (χ2n) is 23.2. The fraction of sp³-hybridized carbons (Fsp3) is 0.941. The first-order valence-electron chi connectivity index (χ1n) is 34.7. The van der Waals surface area contributed by atoms with Crippen LogP contribution in [-0.4, -0.2) is 89.2 Å². The quantitative estimate of drug-likeness (QED) is 0.0249. The Hall–Kier alpha value is 1.13. The van der Waals surface area contributed by atoms with E-state index in [2.05, 4.69) is 75.0 Å². The molecule has 0 unspecified atom stereocenters. The minimum absolute atomic E-state index is 0. The Morgan fingerprint density at radius 2 is 0.272 bits per heavy atom. The first kappa shape index (κ1) is 90.9. The number of rotatable bonds is 56. The topological polar surface area (TPSA) is 13.0 Å². The molecular formula is C68H136MoN4S8. The van der Waals surface area contributed by atoms with Crippen LogP contribution in [0.5, 0.6) is 0 Å². The predicted octanol–water partition coefficient (Wildman–Crippen LogP) is 23.4. The van der Waals surface area contributed by atoms with E-state index in [0.717, 1.165) is 52.4 Å². The Kier molecular flexibility index (Phi) is 88.8. The van der Waals surface area contributed by atoms with Gasteiger partial charge >= 0.3 is 21.1 Å². The zero-order chi connectivity index (χ0) is 60.2. The molecule has 0 atom stereocenters. The van der Waals surface area contributed by atoms with Gasteiger partial charge in [0.25, 0.3) is 0 Å². The molecule has 4 nitrogen and oxygen atoms in total. The number of thiocarbonyl (C=S) groups is 4. The van der Waals surface area contributed by atoms with E-state index in [0.29, 0.717) is 17.3 Å². The molecule has 0 aromatic rings. The van der Waals surface area contributed by atoms with Crippen LogP contribution in [0.4, 0.5) is 0 Å². The van der Waals surface area contributed by atoms with Crippen molar-refractivity contribution in [1.29, 1.82) is 0 Å². The van der Waals surface area contributed by atoms with Gasteiger partial charge < -0.3 is 119 Å². The molecule has 0 N–H and O–H groups in total. The third-order valence-corrected chi connectivity index (χ3v) is 17.4. The number of hydrogen-bond donors (Lipinski definition) is 0. The van der Waals surface area contributed by atoms with E-state index in [-0.39, 0.29) is 21.1 Å². The van der Waals surface area contributed by atoms with Gasteiger partial charge in [-0.3, -0.25) is 0 Å². The van der Waals surface area contributed by atoms with Crippen LogP contribution in [0.25, 0.3) is 0 Å². The van der Waals surface area contributed by atoms with Crippen molar-refractivity contribution in [2.24, 2.45) is 0 Å². The summed E-state index contributed by atoms with van der Waals surface area (Å²) in [6.07, 6.45) is 64.1. The summed E-state index contributed by atoms with van der Waals surface area (Å²) in [6.45, 7) is 26.7. The number of hydrogen-bond acceptors (Lipinski definition) is 8. The summed E-state index contributed by atoms with van der Waals surface area (Å²) < 4.78 is 2.69. The summed E-state index contributed by atoms with van der Waals surface area (Å²) in [5.41, 5.74) is 0. The molecule has 0 aliphatic carbocycles.